The molecule has 3 rings (SSSR count). The van der Waals surface area contributed by atoms with E-state index < -0.39 is 12.3 Å². The molecule has 2 unspecified atom stereocenters. The summed E-state index contributed by atoms with van der Waals surface area (Å²) in [5, 5.41) is 4.46. The highest BCUT2D eigenvalue weighted by Crippen LogP contribution is 2.24. The molecule has 130 valence electrons. The summed E-state index contributed by atoms with van der Waals surface area (Å²) in [6, 6.07) is 17.4. The Morgan fingerprint density at radius 2 is 1.88 bits per heavy atom. The summed E-state index contributed by atoms with van der Waals surface area (Å²) in [4.78, 5) is 17.8. The van der Waals surface area contributed by atoms with E-state index in [4.69, 9.17) is 9.57 Å². The lowest BCUT2D eigenvalue weighted by atomic mass is 10.2. The first-order valence-electron chi connectivity index (χ1n) is 7.99. The second-order valence-corrected chi connectivity index (χ2v) is 6.58. The number of anilines is 1. The summed E-state index contributed by atoms with van der Waals surface area (Å²) in [6.07, 6.45) is 2.68. The van der Waals surface area contributed by atoms with Gasteiger partial charge in [0.25, 0.3) is 0 Å². The molecule has 0 spiro atoms. The Balaban J connectivity index is 1.56. The molecule has 2 atom stereocenters. The number of nitrogens with zero attached hydrogens (tertiary/aromatic N) is 1. The molecule has 0 bridgehead atoms. The third kappa shape index (κ3) is 4.84. The van der Waals surface area contributed by atoms with Crippen molar-refractivity contribution in [2.24, 2.45) is 0 Å². The van der Waals surface area contributed by atoms with E-state index in [9.17, 15) is 4.79 Å². The van der Waals surface area contributed by atoms with Gasteiger partial charge in [0.15, 0.2) is 6.23 Å². The van der Waals surface area contributed by atoms with Crippen LogP contribution in [0.25, 0.3) is 0 Å². The first-order valence-corrected chi connectivity index (χ1v) is 8.78. The van der Waals surface area contributed by atoms with Gasteiger partial charge in [0.1, 0.15) is 6.61 Å². The van der Waals surface area contributed by atoms with Crippen molar-refractivity contribution in [1.29, 1.82) is 0 Å². The standard InChI is InChI=1S/C19H19BrN2O3/c1-14-7-12-18(25-22(14)17-10-8-16(20)9-11-17)21-19(23)24-13-15-5-3-2-4-6-15/h2-12,14,18H,13H2,1H3,(H,21,23). The molecule has 25 heavy (non-hydrogen) atoms. The number of hydroxylamine groups is 1. The normalized spacial score (nSPS) is 19.5. The number of rotatable bonds is 4. The highest BCUT2D eigenvalue weighted by atomic mass is 79.9. The molecule has 6 heteroatoms. The van der Waals surface area contributed by atoms with Gasteiger partial charge in [-0.25, -0.2) is 14.7 Å². The second-order valence-electron chi connectivity index (χ2n) is 5.66. The average Bonchev–Trinajstić information content (AvgIpc) is 2.63. The van der Waals surface area contributed by atoms with E-state index in [0.29, 0.717) is 0 Å². The Hall–Kier alpha value is -2.31. The van der Waals surface area contributed by atoms with Gasteiger partial charge in [-0.2, -0.15) is 0 Å². The van der Waals surface area contributed by atoms with E-state index >= 15 is 0 Å². The summed E-state index contributed by atoms with van der Waals surface area (Å²) < 4.78 is 6.22. The Labute approximate surface area is 155 Å². The van der Waals surface area contributed by atoms with E-state index in [0.717, 1.165) is 15.7 Å². The van der Waals surface area contributed by atoms with Crippen LogP contribution in [0.5, 0.6) is 0 Å². The fourth-order valence-electron chi connectivity index (χ4n) is 2.43. The van der Waals surface area contributed by atoms with E-state index in [-0.39, 0.29) is 12.6 Å². The third-order valence-corrected chi connectivity index (χ3v) is 4.24. The quantitative estimate of drug-likeness (QED) is 0.770. The third-order valence-electron chi connectivity index (χ3n) is 3.72. The number of amides is 1. The second kappa shape index (κ2) is 8.18. The van der Waals surface area contributed by atoms with Crippen molar-refractivity contribution in [3.8, 4) is 0 Å². The summed E-state index contributed by atoms with van der Waals surface area (Å²) >= 11 is 3.42. The van der Waals surface area contributed by atoms with Crippen LogP contribution >= 0.6 is 15.9 Å². The molecule has 2 aromatic rings. The number of benzene rings is 2. The molecule has 5 nitrogen and oxygen atoms in total. The Kier molecular flexibility index (Phi) is 5.73. The fraction of sp³-hybridized carbons (Fsp3) is 0.211. The molecule has 0 saturated carbocycles. The van der Waals surface area contributed by atoms with Crippen LogP contribution in [0, 0.1) is 0 Å². The van der Waals surface area contributed by atoms with Crippen molar-refractivity contribution >= 4 is 27.7 Å². The van der Waals surface area contributed by atoms with Crippen molar-refractivity contribution < 1.29 is 14.4 Å². The van der Waals surface area contributed by atoms with Crippen LogP contribution in [-0.2, 0) is 16.2 Å². The first kappa shape index (κ1) is 17.5. The minimum atomic E-state index is -0.580. The van der Waals surface area contributed by atoms with E-state index in [1.807, 2.05) is 73.7 Å². The van der Waals surface area contributed by atoms with Crippen LogP contribution in [0.15, 0.2) is 71.2 Å². The number of hydrogen-bond donors (Lipinski definition) is 1. The van der Waals surface area contributed by atoms with Crippen molar-refractivity contribution in [3.63, 3.8) is 0 Å². The average molecular weight is 403 g/mol. The van der Waals surface area contributed by atoms with Crippen molar-refractivity contribution in [2.45, 2.75) is 25.8 Å². The maximum absolute atomic E-state index is 12.0. The van der Waals surface area contributed by atoms with Crippen molar-refractivity contribution in [3.05, 3.63) is 76.8 Å². The molecule has 1 aliphatic rings. The van der Waals surface area contributed by atoms with Gasteiger partial charge in [-0.1, -0.05) is 52.3 Å². The van der Waals surface area contributed by atoms with Crippen molar-refractivity contribution in [1.82, 2.24) is 5.32 Å². The molecule has 0 fully saturated rings. The van der Waals surface area contributed by atoms with Crippen LogP contribution in [0.2, 0.25) is 0 Å². The van der Waals surface area contributed by atoms with Crippen LogP contribution < -0.4 is 10.4 Å². The number of halogens is 1. The van der Waals surface area contributed by atoms with Crippen LogP contribution in [0.1, 0.15) is 12.5 Å². The van der Waals surface area contributed by atoms with Gasteiger partial charge in [-0.15, -0.1) is 0 Å². The van der Waals surface area contributed by atoms with Crippen LogP contribution in [-0.4, -0.2) is 18.4 Å². The molecular formula is C19H19BrN2O3. The fourth-order valence-corrected chi connectivity index (χ4v) is 2.70. The van der Waals surface area contributed by atoms with Gasteiger partial charge in [0, 0.05) is 4.47 Å². The molecule has 1 aliphatic heterocycles. The van der Waals surface area contributed by atoms with Gasteiger partial charge in [0.05, 0.1) is 11.7 Å². The molecule has 1 N–H and O–H groups in total. The molecular weight excluding hydrogens is 384 g/mol. The number of carbonyl (C=O) groups is 1. The Bertz CT molecular complexity index is 734. The number of hydrogen-bond acceptors (Lipinski definition) is 4. The van der Waals surface area contributed by atoms with Gasteiger partial charge < -0.3 is 4.74 Å². The minimum absolute atomic E-state index is 0.0552. The molecule has 0 aromatic heterocycles. The maximum atomic E-state index is 12.0. The maximum Gasteiger partial charge on any atom is 0.409 e. The molecule has 2 aromatic carbocycles. The summed E-state index contributed by atoms with van der Waals surface area (Å²) in [5.74, 6) is 0. The highest BCUT2D eigenvalue weighted by molar-refractivity contribution is 9.10. The van der Waals surface area contributed by atoms with Gasteiger partial charge in [-0.3, -0.25) is 5.32 Å². The molecule has 1 heterocycles. The van der Waals surface area contributed by atoms with Gasteiger partial charge >= 0.3 is 6.09 Å². The summed E-state index contributed by atoms with van der Waals surface area (Å²) in [7, 11) is 0. The Morgan fingerprint density at radius 3 is 2.60 bits per heavy atom. The van der Waals surface area contributed by atoms with Crippen LogP contribution in [0.4, 0.5) is 10.5 Å². The van der Waals surface area contributed by atoms with Gasteiger partial charge in [-0.05, 0) is 42.8 Å². The van der Waals surface area contributed by atoms with Crippen LogP contribution in [0.3, 0.4) is 0 Å². The molecule has 0 saturated heterocycles. The van der Waals surface area contributed by atoms with E-state index in [1.54, 1.807) is 5.06 Å². The van der Waals surface area contributed by atoms with Gasteiger partial charge in [0.2, 0.25) is 0 Å². The largest absolute Gasteiger partial charge is 0.445 e. The molecule has 0 aliphatic carbocycles. The number of carbonyl (C=O) groups excluding carboxylic acids is 1. The van der Waals surface area contributed by atoms with Crippen molar-refractivity contribution in [2.75, 3.05) is 5.06 Å². The predicted octanol–water partition coefficient (Wildman–Crippen LogP) is 4.40. The number of ether oxygens (including phenoxy) is 1. The smallest absolute Gasteiger partial charge is 0.409 e. The predicted molar refractivity (Wildman–Crippen MR) is 99.9 cm³/mol. The lowest BCUT2D eigenvalue weighted by Gasteiger charge is -2.34. The first-order chi connectivity index (χ1) is 12.1. The number of alkyl carbamates (subject to hydrolysis) is 1. The summed E-state index contributed by atoms with van der Waals surface area (Å²) in [5.41, 5.74) is 1.84. The topological polar surface area (TPSA) is 50.8 Å². The highest BCUT2D eigenvalue weighted by Gasteiger charge is 2.24. The SMILES string of the molecule is CC1C=CC(NC(=O)OCc2ccccc2)ON1c1ccc(Br)cc1. The molecule has 0 radical (unpaired) electrons. The lowest BCUT2D eigenvalue weighted by Crippen LogP contribution is -2.46. The zero-order chi connectivity index (χ0) is 17.6. The zero-order valence-corrected chi connectivity index (χ0v) is 15.3. The monoisotopic (exact) mass is 402 g/mol. The zero-order valence-electron chi connectivity index (χ0n) is 13.8. The minimum Gasteiger partial charge on any atom is -0.445 e. The van der Waals surface area contributed by atoms with E-state index in [2.05, 4.69) is 21.2 Å². The lowest BCUT2D eigenvalue weighted by molar-refractivity contribution is 0.0209. The number of nitrogens with one attached hydrogen (secondary N) is 1. The molecule has 1 amide bonds. The van der Waals surface area contributed by atoms with E-state index in [1.165, 1.54) is 0 Å². The Morgan fingerprint density at radius 1 is 1.16 bits per heavy atom. The summed E-state index contributed by atoms with van der Waals surface area (Å²) in [6.45, 7) is 2.23.